The molecule has 3 aromatic rings. The van der Waals surface area contributed by atoms with Gasteiger partial charge in [0.25, 0.3) is 5.91 Å². The molecule has 0 unspecified atom stereocenters. The Balaban J connectivity index is 1.71. The number of nitrogens with zero attached hydrogens (tertiary/aromatic N) is 3. The monoisotopic (exact) mass is 338 g/mol. The van der Waals surface area contributed by atoms with Gasteiger partial charge >= 0.3 is 0 Å². The van der Waals surface area contributed by atoms with Gasteiger partial charge in [-0.15, -0.1) is 10.2 Å². The molecule has 0 radical (unpaired) electrons. The molecular weight excluding hydrogens is 316 g/mol. The van der Waals surface area contributed by atoms with Crippen LogP contribution < -0.4 is 10.1 Å². The molecule has 1 aromatic carbocycles. The van der Waals surface area contributed by atoms with Crippen molar-refractivity contribution in [2.45, 2.75) is 26.3 Å². The Kier molecular flexibility index (Phi) is 5.28. The number of carbonyl (C=O) groups is 1. The molecule has 0 fully saturated rings. The molecule has 0 aliphatic heterocycles. The number of amides is 1. The van der Waals surface area contributed by atoms with Crippen molar-refractivity contribution in [3.63, 3.8) is 0 Å². The van der Waals surface area contributed by atoms with Crippen LogP contribution in [0, 0.1) is 5.92 Å². The standard InChI is InChI=1S/C19H22N4O2/c1-14(2)12-16(19-22-21-17-10-6-7-11-23(17)19)20-18(24)13-25-15-8-4-3-5-9-15/h3-11,14,16H,12-13H2,1-2H3,(H,20,24)/t16-/m0/s1. The van der Waals surface area contributed by atoms with Crippen molar-refractivity contribution in [1.82, 2.24) is 19.9 Å². The average Bonchev–Trinajstić information content (AvgIpc) is 3.04. The van der Waals surface area contributed by atoms with Gasteiger partial charge in [-0.1, -0.05) is 38.1 Å². The van der Waals surface area contributed by atoms with E-state index in [0.29, 0.717) is 11.7 Å². The molecule has 2 heterocycles. The van der Waals surface area contributed by atoms with E-state index in [0.717, 1.165) is 17.9 Å². The number of fused-ring (bicyclic) bond motifs is 1. The summed E-state index contributed by atoms with van der Waals surface area (Å²) in [6.45, 7) is 4.20. The number of hydrogen-bond acceptors (Lipinski definition) is 4. The van der Waals surface area contributed by atoms with Gasteiger partial charge in [0.1, 0.15) is 5.75 Å². The molecule has 25 heavy (non-hydrogen) atoms. The third-order valence-corrected chi connectivity index (χ3v) is 3.81. The van der Waals surface area contributed by atoms with Crippen molar-refractivity contribution in [2.24, 2.45) is 5.92 Å². The summed E-state index contributed by atoms with van der Waals surface area (Å²) in [5.41, 5.74) is 0.765. The normalized spacial score (nSPS) is 12.3. The molecule has 130 valence electrons. The van der Waals surface area contributed by atoms with Crippen LogP contribution in [0.1, 0.15) is 32.1 Å². The van der Waals surface area contributed by atoms with E-state index in [1.54, 1.807) is 0 Å². The second-order valence-corrected chi connectivity index (χ2v) is 6.34. The molecular formula is C19H22N4O2. The maximum Gasteiger partial charge on any atom is 0.258 e. The fraction of sp³-hybridized carbons (Fsp3) is 0.316. The van der Waals surface area contributed by atoms with Gasteiger partial charge in [0.2, 0.25) is 0 Å². The van der Waals surface area contributed by atoms with Gasteiger partial charge in [-0.25, -0.2) is 0 Å². The minimum atomic E-state index is -0.218. The smallest absolute Gasteiger partial charge is 0.258 e. The lowest BCUT2D eigenvalue weighted by atomic mass is 10.0. The summed E-state index contributed by atoms with van der Waals surface area (Å²) in [4.78, 5) is 12.3. The van der Waals surface area contributed by atoms with Crippen molar-refractivity contribution >= 4 is 11.6 Å². The predicted molar refractivity (Wildman–Crippen MR) is 95.3 cm³/mol. The Hall–Kier alpha value is -2.89. The number of hydrogen-bond donors (Lipinski definition) is 1. The average molecular weight is 338 g/mol. The first kappa shape index (κ1) is 17.0. The summed E-state index contributed by atoms with van der Waals surface area (Å²) in [5, 5.41) is 11.5. The Morgan fingerprint density at radius 2 is 1.88 bits per heavy atom. The summed E-state index contributed by atoms with van der Waals surface area (Å²) >= 11 is 0. The van der Waals surface area contributed by atoms with Gasteiger partial charge in [-0.2, -0.15) is 0 Å². The van der Waals surface area contributed by atoms with E-state index >= 15 is 0 Å². The van der Waals surface area contributed by atoms with Crippen LogP contribution in [0.2, 0.25) is 0 Å². The molecule has 6 nitrogen and oxygen atoms in total. The molecule has 0 saturated heterocycles. The van der Waals surface area contributed by atoms with Crippen LogP contribution in [0.15, 0.2) is 54.7 Å². The molecule has 1 N–H and O–H groups in total. The first-order chi connectivity index (χ1) is 12.1. The zero-order valence-corrected chi connectivity index (χ0v) is 14.4. The van der Waals surface area contributed by atoms with E-state index in [1.165, 1.54) is 0 Å². The number of carbonyl (C=O) groups excluding carboxylic acids is 1. The van der Waals surface area contributed by atoms with E-state index in [1.807, 2.05) is 59.1 Å². The molecule has 0 bridgehead atoms. The molecule has 0 saturated carbocycles. The van der Waals surface area contributed by atoms with Gasteiger partial charge < -0.3 is 10.1 Å². The zero-order chi connectivity index (χ0) is 17.6. The molecule has 3 rings (SSSR count). The minimum Gasteiger partial charge on any atom is -0.484 e. The van der Waals surface area contributed by atoms with Crippen LogP contribution in [-0.4, -0.2) is 27.1 Å². The van der Waals surface area contributed by atoms with Crippen LogP contribution in [0.25, 0.3) is 5.65 Å². The van der Waals surface area contributed by atoms with Crippen LogP contribution >= 0.6 is 0 Å². The zero-order valence-electron chi connectivity index (χ0n) is 14.4. The van der Waals surface area contributed by atoms with Crippen LogP contribution in [0.4, 0.5) is 0 Å². The minimum absolute atomic E-state index is 0.0324. The number of rotatable bonds is 7. The quantitative estimate of drug-likeness (QED) is 0.719. The second kappa shape index (κ2) is 7.79. The number of pyridine rings is 1. The summed E-state index contributed by atoms with van der Waals surface area (Å²) in [5.74, 6) is 1.63. The van der Waals surface area contributed by atoms with Crippen molar-refractivity contribution < 1.29 is 9.53 Å². The largest absolute Gasteiger partial charge is 0.484 e. The highest BCUT2D eigenvalue weighted by atomic mass is 16.5. The summed E-state index contributed by atoms with van der Waals surface area (Å²) in [6, 6.07) is 14.8. The van der Waals surface area contributed by atoms with E-state index in [2.05, 4.69) is 29.4 Å². The number of benzene rings is 1. The number of aromatic nitrogens is 3. The molecule has 0 spiro atoms. The number of nitrogens with one attached hydrogen (secondary N) is 1. The topological polar surface area (TPSA) is 68.5 Å². The van der Waals surface area contributed by atoms with E-state index < -0.39 is 0 Å². The molecule has 2 aromatic heterocycles. The van der Waals surface area contributed by atoms with Crippen LogP contribution in [0.5, 0.6) is 5.75 Å². The molecule has 0 aliphatic rings. The van der Waals surface area contributed by atoms with Crippen molar-refractivity contribution in [1.29, 1.82) is 0 Å². The van der Waals surface area contributed by atoms with Crippen LogP contribution in [0.3, 0.4) is 0 Å². The van der Waals surface area contributed by atoms with Crippen molar-refractivity contribution in [2.75, 3.05) is 6.61 Å². The highest BCUT2D eigenvalue weighted by Crippen LogP contribution is 2.20. The lowest BCUT2D eigenvalue weighted by molar-refractivity contribution is -0.124. The molecule has 1 amide bonds. The summed E-state index contributed by atoms with van der Waals surface area (Å²) in [6.07, 6.45) is 2.68. The first-order valence-electron chi connectivity index (χ1n) is 8.40. The fourth-order valence-electron chi connectivity index (χ4n) is 2.70. The van der Waals surface area contributed by atoms with Gasteiger partial charge in [0, 0.05) is 6.20 Å². The Morgan fingerprint density at radius 3 is 2.64 bits per heavy atom. The Morgan fingerprint density at radius 1 is 1.12 bits per heavy atom. The van der Waals surface area contributed by atoms with E-state index in [9.17, 15) is 4.79 Å². The van der Waals surface area contributed by atoms with Crippen LogP contribution in [-0.2, 0) is 4.79 Å². The van der Waals surface area contributed by atoms with Crippen molar-refractivity contribution in [3.05, 3.63) is 60.6 Å². The highest BCUT2D eigenvalue weighted by molar-refractivity contribution is 5.78. The van der Waals surface area contributed by atoms with Gasteiger partial charge in [0.15, 0.2) is 18.1 Å². The summed E-state index contributed by atoms with van der Waals surface area (Å²) < 4.78 is 7.43. The van der Waals surface area contributed by atoms with Gasteiger partial charge in [-0.3, -0.25) is 9.20 Å². The fourth-order valence-corrected chi connectivity index (χ4v) is 2.70. The molecule has 6 heteroatoms. The lowest BCUT2D eigenvalue weighted by Gasteiger charge is -2.19. The molecule has 0 aliphatic carbocycles. The second-order valence-electron chi connectivity index (χ2n) is 6.34. The van der Waals surface area contributed by atoms with E-state index in [4.69, 9.17) is 4.74 Å². The third-order valence-electron chi connectivity index (χ3n) is 3.81. The highest BCUT2D eigenvalue weighted by Gasteiger charge is 2.21. The summed E-state index contributed by atoms with van der Waals surface area (Å²) in [7, 11) is 0. The van der Waals surface area contributed by atoms with E-state index in [-0.39, 0.29) is 18.6 Å². The number of para-hydroxylation sites is 1. The Labute approximate surface area is 146 Å². The van der Waals surface area contributed by atoms with Gasteiger partial charge in [-0.05, 0) is 36.6 Å². The lowest BCUT2D eigenvalue weighted by Crippen LogP contribution is -2.34. The maximum absolute atomic E-state index is 12.3. The number of ether oxygens (including phenoxy) is 1. The Bertz CT molecular complexity index is 830. The maximum atomic E-state index is 12.3. The van der Waals surface area contributed by atoms with Gasteiger partial charge in [0.05, 0.1) is 6.04 Å². The predicted octanol–water partition coefficient (Wildman–Crippen LogP) is 3.01. The third kappa shape index (κ3) is 4.35. The van der Waals surface area contributed by atoms with Crippen molar-refractivity contribution in [3.8, 4) is 5.75 Å². The molecule has 1 atom stereocenters. The SMILES string of the molecule is CC(C)C[C@H](NC(=O)COc1ccccc1)c1nnc2ccccn12. The first-order valence-corrected chi connectivity index (χ1v) is 8.40.